The van der Waals surface area contributed by atoms with Gasteiger partial charge in [-0.15, -0.1) is 11.3 Å². The molecule has 5 rings (SSSR count). The molecule has 1 amide bonds. The molecule has 3 heterocycles. The number of carbonyl (C=O) groups is 2. The average Bonchev–Trinajstić information content (AvgIpc) is 3.49. The van der Waals surface area contributed by atoms with Crippen molar-refractivity contribution >= 4 is 40.0 Å². The molecule has 9 nitrogen and oxygen atoms in total. The van der Waals surface area contributed by atoms with Crippen LogP contribution in [0.25, 0.3) is 5.69 Å². The van der Waals surface area contributed by atoms with Crippen molar-refractivity contribution in [2.24, 2.45) is 0 Å². The topological polar surface area (TPSA) is 112 Å². The number of thiophene rings is 1. The van der Waals surface area contributed by atoms with Crippen molar-refractivity contribution in [2.45, 2.75) is 43.6 Å². The van der Waals surface area contributed by atoms with Crippen LogP contribution in [0.4, 0.5) is 5.00 Å². The first kappa shape index (κ1) is 26.9. The van der Waals surface area contributed by atoms with Crippen molar-refractivity contribution in [3.63, 3.8) is 0 Å². The molecule has 1 unspecified atom stereocenters. The average molecular weight is 565 g/mol. The lowest BCUT2D eigenvalue weighted by atomic mass is 10.0. The van der Waals surface area contributed by atoms with Gasteiger partial charge in [0.15, 0.2) is 5.95 Å². The van der Waals surface area contributed by atoms with E-state index in [-0.39, 0.29) is 17.5 Å². The summed E-state index contributed by atoms with van der Waals surface area (Å²) in [5.74, 6) is -1.41. The highest BCUT2D eigenvalue weighted by molar-refractivity contribution is 8.00. The van der Waals surface area contributed by atoms with Gasteiger partial charge in [-0.25, -0.2) is 4.79 Å². The SMILES string of the molecule is CCOC(=O)c1c(NC(=O)C(C)Sc2c([O-])on[n+]2-c2ccccc2)sc2c1CCN(Cc1ccccc1)C2. The van der Waals surface area contributed by atoms with Crippen molar-refractivity contribution < 1.29 is 28.6 Å². The van der Waals surface area contributed by atoms with E-state index in [1.54, 1.807) is 26.0 Å². The van der Waals surface area contributed by atoms with Crippen LogP contribution in [0.15, 0.2) is 70.2 Å². The number of hydrogen-bond donors (Lipinski definition) is 1. The second-order valence-corrected chi connectivity index (χ2v) is 11.5. The number of para-hydroxylation sites is 1. The zero-order chi connectivity index (χ0) is 27.4. The predicted octanol–water partition coefficient (Wildman–Crippen LogP) is 3.94. The molecule has 0 saturated carbocycles. The summed E-state index contributed by atoms with van der Waals surface area (Å²) in [6.07, 6.45) is 0.685. The monoisotopic (exact) mass is 564 g/mol. The zero-order valence-corrected chi connectivity index (χ0v) is 23.2. The van der Waals surface area contributed by atoms with E-state index in [1.165, 1.54) is 21.6 Å². The molecule has 2 aromatic heterocycles. The van der Waals surface area contributed by atoms with Gasteiger partial charge in [0.1, 0.15) is 5.00 Å². The van der Waals surface area contributed by atoms with Crippen molar-refractivity contribution in [3.8, 4) is 11.6 Å². The maximum Gasteiger partial charge on any atom is 0.341 e. The van der Waals surface area contributed by atoms with Crippen LogP contribution < -0.4 is 15.1 Å². The molecular formula is C28H28N4O5S2. The number of ether oxygens (including phenoxy) is 1. The number of nitrogens with one attached hydrogen (secondary N) is 1. The van der Waals surface area contributed by atoms with E-state index >= 15 is 0 Å². The Balaban J connectivity index is 1.35. The fraction of sp³-hybridized carbons (Fsp3) is 0.286. The third-order valence-electron chi connectivity index (χ3n) is 6.33. The number of amides is 1. The fourth-order valence-electron chi connectivity index (χ4n) is 4.45. The van der Waals surface area contributed by atoms with Crippen LogP contribution in [0.2, 0.25) is 0 Å². The molecule has 39 heavy (non-hydrogen) atoms. The van der Waals surface area contributed by atoms with Crippen molar-refractivity contribution in [1.29, 1.82) is 0 Å². The highest BCUT2D eigenvalue weighted by Gasteiger charge is 2.32. The second kappa shape index (κ2) is 12.0. The number of fused-ring (bicyclic) bond motifs is 1. The van der Waals surface area contributed by atoms with E-state index < -0.39 is 17.2 Å². The summed E-state index contributed by atoms with van der Waals surface area (Å²) in [4.78, 5) is 29.6. The molecule has 0 bridgehead atoms. The minimum absolute atomic E-state index is 0.191. The molecule has 2 aromatic carbocycles. The van der Waals surface area contributed by atoms with Crippen LogP contribution in [-0.2, 0) is 29.0 Å². The summed E-state index contributed by atoms with van der Waals surface area (Å²) >= 11 is 2.45. The number of aromatic nitrogens is 2. The summed E-state index contributed by atoms with van der Waals surface area (Å²) in [6.45, 7) is 5.97. The molecule has 1 N–H and O–H groups in total. The van der Waals surface area contributed by atoms with Gasteiger partial charge in [0.2, 0.25) is 11.6 Å². The quantitative estimate of drug-likeness (QED) is 0.185. The Hall–Kier alpha value is -3.67. The van der Waals surface area contributed by atoms with Gasteiger partial charge >= 0.3 is 5.97 Å². The van der Waals surface area contributed by atoms with Gasteiger partial charge in [0.05, 0.1) is 22.7 Å². The Kier molecular flexibility index (Phi) is 8.30. The molecule has 202 valence electrons. The van der Waals surface area contributed by atoms with Crippen LogP contribution in [-0.4, -0.2) is 40.4 Å². The Morgan fingerprint density at radius 2 is 1.92 bits per heavy atom. The largest absolute Gasteiger partial charge is 0.538 e. The standard InChI is InChI=1S/C28H28N4O5S2/c1-3-36-27(34)23-21-14-15-31(16-19-10-6-4-7-11-19)17-22(21)39-25(23)29-24(33)18(2)38-26-28(35)37-30-32(26)20-12-8-5-9-13-20/h4-13,18H,3,14-17H2,1-2H3,(H-,29,30,33,34,35). The van der Waals surface area contributed by atoms with Crippen molar-refractivity contribution in [1.82, 2.24) is 10.2 Å². The maximum atomic E-state index is 13.3. The molecule has 1 atom stereocenters. The van der Waals surface area contributed by atoms with Crippen LogP contribution in [0.5, 0.6) is 5.95 Å². The third-order valence-corrected chi connectivity index (χ3v) is 8.59. The smallest absolute Gasteiger partial charge is 0.341 e. The number of esters is 1. The van der Waals surface area contributed by atoms with Gasteiger partial charge in [-0.1, -0.05) is 48.5 Å². The lowest BCUT2D eigenvalue weighted by Crippen LogP contribution is -2.36. The Morgan fingerprint density at radius 3 is 2.64 bits per heavy atom. The van der Waals surface area contributed by atoms with Gasteiger partial charge in [-0.2, -0.15) is 0 Å². The number of nitrogens with zero attached hydrogens (tertiary/aromatic N) is 3. The van der Waals surface area contributed by atoms with E-state index in [0.717, 1.165) is 35.3 Å². The zero-order valence-electron chi connectivity index (χ0n) is 21.6. The van der Waals surface area contributed by atoms with E-state index in [4.69, 9.17) is 9.26 Å². The molecule has 1 aliphatic rings. The van der Waals surface area contributed by atoms with E-state index in [2.05, 4.69) is 27.6 Å². The number of benzene rings is 2. The first-order valence-corrected chi connectivity index (χ1v) is 14.3. The van der Waals surface area contributed by atoms with Crippen molar-refractivity contribution in [2.75, 3.05) is 18.5 Å². The lowest BCUT2D eigenvalue weighted by molar-refractivity contribution is -0.705. The third kappa shape index (κ3) is 6.00. The van der Waals surface area contributed by atoms with Gasteiger partial charge in [-0.05, 0) is 47.8 Å². The molecule has 0 saturated heterocycles. The summed E-state index contributed by atoms with van der Waals surface area (Å²) in [7, 11) is 0. The van der Waals surface area contributed by atoms with E-state index in [1.807, 2.05) is 36.4 Å². The van der Waals surface area contributed by atoms with Crippen LogP contribution in [0.1, 0.15) is 40.2 Å². The Labute approximate surface area is 234 Å². The molecule has 0 spiro atoms. The second-order valence-electron chi connectivity index (χ2n) is 9.04. The summed E-state index contributed by atoms with van der Waals surface area (Å²) in [5, 5.41) is 19.1. The van der Waals surface area contributed by atoms with Crippen LogP contribution in [0.3, 0.4) is 0 Å². The van der Waals surface area contributed by atoms with Gasteiger partial charge in [0.25, 0.3) is 5.03 Å². The molecule has 1 aliphatic heterocycles. The fourth-order valence-corrected chi connectivity index (χ4v) is 6.60. The summed E-state index contributed by atoms with van der Waals surface area (Å²) < 4.78 is 11.6. The molecular weight excluding hydrogens is 536 g/mol. The first-order chi connectivity index (χ1) is 18.9. The van der Waals surface area contributed by atoms with Crippen molar-refractivity contribution in [3.05, 3.63) is 82.2 Å². The summed E-state index contributed by atoms with van der Waals surface area (Å²) in [5.41, 5.74) is 3.23. The van der Waals surface area contributed by atoms with E-state index in [0.29, 0.717) is 29.2 Å². The number of rotatable bonds is 9. The molecule has 11 heteroatoms. The van der Waals surface area contributed by atoms with Crippen LogP contribution >= 0.6 is 23.1 Å². The summed E-state index contributed by atoms with van der Waals surface area (Å²) in [6, 6.07) is 19.3. The number of carbonyl (C=O) groups excluding carboxylic acids is 2. The first-order valence-electron chi connectivity index (χ1n) is 12.6. The molecule has 0 radical (unpaired) electrons. The number of anilines is 1. The maximum absolute atomic E-state index is 13.3. The minimum Gasteiger partial charge on any atom is -0.538 e. The van der Waals surface area contributed by atoms with Gasteiger partial charge in [-0.3, -0.25) is 9.69 Å². The normalized spacial score (nSPS) is 14.0. The molecule has 0 fully saturated rings. The van der Waals surface area contributed by atoms with Crippen LogP contribution in [0, 0.1) is 0 Å². The Morgan fingerprint density at radius 1 is 1.21 bits per heavy atom. The van der Waals surface area contributed by atoms with E-state index in [9.17, 15) is 14.7 Å². The van der Waals surface area contributed by atoms with Gasteiger partial charge in [0, 0.05) is 36.6 Å². The lowest BCUT2D eigenvalue weighted by Gasteiger charge is -2.27. The highest BCUT2D eigenvalue weighted by Crippen LogP contribution is 2.39. The molecule has 4 aromatic rings. The predicted molar refractivity (Wildman–Crippen MR) is 146 cm³/mol. The highest BCUT2D eigenvalue weighted by atomic mass is 32.2. The number of hydrogen-bond acceptors (Lipinski definition) is 9. The molecule has 0 aliphatic carbocycles. The minimum atomic E-state index is -0.671. The Bertz CT molecular complexity index is 1460. The number of thioether (sulfide) groups is 1. The van der Waals surface area contributed by atoms with Gasteiger partial charge < -0.3 is 19.7 Å².